The van der Waals surface area contributed by atoms with Gasteiger partial charge in [-0.1, -0.05) is 0 Å². The fourth-order valence-electron chi connectivity index (χ4n) is 3.41. The van der Waals surface area contributed by atoms with Crippen molar-refractivity contribution in [1.82, 2.24) is 29.3 Å². The number of hydrogen-bond acceptors (Lipinski definition) is 4. The summed E-state index contributed by atoms with van der Waals surface area (Å²) in [6.45, 7) is 0. The molecule has 0 atom stereocenters. The number of hydrogen-bond donors (Lipinski definition) is 1. The zero-order valence-corrected chi connectivity index (χ0v) is 13.9. The SMILES string of the molecule is COc1ccc2c(c1)-c1[nH]ncc1Cc1c(-c3cn(C)cn3)ncn1-2. The predicted octanol–water partition coefficient (Wildman–Crippen LogP) is 2.58. The molecular weight excluding hydrogens is 316 g/mol. The third-order valence-electron chi connectivity index (χ3n) is 4.62. The van der Waals surface area contributed by atoms with Gasteiger partial charge in [-0.3, -0.25) is 5.10 Å². The van der Waals surface area contributed by atoms with E-state index in [0.717, 1.165) is 51.8 Å². The number of aromatic nitrogens is 6. The summed E-state index contributed by atoms with van der Waals surface area (Å²) >= 11 is 0. The largest absolute Gasteiger partial charge is 0.497 e. The third-order valence-corrected chi connectivity index (χ3v) is 4.62. The number of aromatic amines is 1. The lowest BCUT2D eigenvalue weighted by molar-refractivity contribution is 0.415. The molecule has 3 aromatic heterocycles. The monoisotopic (exact) mass is 332 g/mol. The Bertz CT molecular complexity index is 1090. The molecule has 4 heterocycles. The summed E-state index contributed by atoms with van der Waals surface area (Å²) < 4.78 is 9.47. The average molecular weight is 332 g/mol. The van der Waals surface area contributed by atoms with E-state index >= 15 is 0 Å². The molecular formula is C18H16N6O. The lowest BCUT2D eigenvalue weighted by Gasteiger charge is -2.11. The summed E-state index contributed by atoms with van der Waals surface area (Å²) in [6, 6.07) is 6.05. The molecule has 0 radical (unpaired) electrons. The van der Waals surface area contributed by atoms with Crippen LogP contribution in [0.15, 0.2) is 43.2 Å². The first-order chi connectivity index (χ1) is 12.2. The molecule has 1 aromatic carbocycles. The second-order valence-corrected chi connectivity index (χ2v) is 6.16. The van der Waals surface area contributed by atoms with Gasteiger partial charge in [0, 0.05) is 30.8 Å². The Hall–Kier alpha value is -3.35. The van der Waals surface area contributed by atoms with E-state index in [-0.39, 0.29) is 0 Å². The van der Waals surface area contributed by atoms with E-state index in [1.165, 1.54) is 0 Å². The highest BCUT2D eigenvalue weighted by Gasteiger charge is 2.25. The lowest BCUT2D eigenvalue weighted by atomic mass is 10.0. The number of nitrogens with zero attached hydrogens (tertiary/aromatic N) is 5. The molecule has 25 heavy (non-hydrogen) atoms. The van der Waals surface area contributed by atoms with E-state index in [1.807, 2.05) is 42.5 Å². The number of benzene rings is 1. The zero-order valence-electron chi connectivity index (χ0n) is 13.9. The Morgan fingerprint density at radius 1 is 1.20 bits per heavy atom. The van der Waals surface area contributed by atoms with E-state index in [9.17, 15) is 0 Å². The number of nitrogens with one attached hydrogen (secondary N) is 1. The minimum atomic E-state index is 0.731. The van der Waals surface area contributed by atoms with E-state index in [1.54, 1.807) is 13.4 Å². The fraction of sp³-hybridized carbons (Fsp3) is 0.167. The topological polar surface area (TPSA) is 73.6 Å². The summed E-state index contributed by atoms with van der Waals surface area (Å²) in [5.41, 5.74) is 7.12. The molecule has 0 unspecified atom stereocenters. The molecule has 124 valence electrons. The number of H-pyrrole nitrogens is 1. The van der Waals surface area contributed by atoms with Crippen LogP contribution in [0.3, 0.4) is 0 Å². The molecule has 7 heteroatoms. The molecule has 0 saturated heterocycles. The molecule has 0 bridgehead atoms. The maximum atomic E-state index is 5.41. The van der Waals surface area contributed by atoms with Crippen LogP contribution in [0.4, 0.5) is 0 Å². The van der Waals surface area contributed by atoms with Gasteiger partial charge >= 0.3 is 0 Å². The highest BCUT2D eigenvalue weighted by atomic mass is 16.5. The van der Waals surface area contributed by atoms with Gasteiger partial charge in [-0.25, -0.2) is 9.97 Å². The van der Waals surface area contributed by atoms with Crippen LogP contribution in [-0.2, 0) is 13.5 Å². The van der Waals surface area contributed by atoms with Crippen molar-refractivity contribution in [3.8, 4) is 34.1 Å². The maximum absolute atomic E-state index is 5.41. The molecule has 0 fully saturated rings. The van der Waals surface area contributed by atoms with Gasteiger partial charge < -0.3 is 13.9 Å². The number of ether oxygens (including phenoxy) is 1. The molecule has 0 aliphatic carbocycles. The second kappa shape index (κ2) is 5.07. The minimum absolute atomic E-state index is 0.731. The maximum Gasteiger partial charge on any atom is 0.119 e. The normalized spacial score (nSPS) is 12.2. The van der Waals surface area contributed by atoms with Crippen molar-refractivity contribution >= 4 is 0 Å². The Kier molecular flexibility index (Phi) is 2.85. The van der Waals surface area contributed by atoms with Crippen molar-refractivity contribution < 1.29 is 4.74 Å². The number of fused-ring (bicyclic) bond motifs is 5. The van der Waals surface area contributed by atoms with E-state index < -0.39 is 0 Å². The van der Waals surface area contributed by atoms with Crippen LogP contribution in [0, 0.1) is 0 Å². The molecule has 1 aliphatic rings. The zero-order chi connectivity index (χ0) is 17.0. The van der Waals surface area contributed by atoms with Crippen LogP contribution in [0.2, 0.25) is 0 Å². The van der Waals surface area contributed by atoms with Gasteiger partial charge in [-0.15, -0.1) is 0 Å². The smallest absolute Gasteiger partial charge is 0.119 e. The Morgan fingerprint density at radius 3 is 2.92 bits per heavy atom. The van der Waals surface area contributed by atoms with Crippen molar-refractivity contribution in [2.45, 2.75) is 6.42 Å². The van der Waals surface area contributed by atoms with E-state index in [0.29, 0.717) is 0 Å². The highest BCUT2D eigenvalue weighted by Crippen LogP contribution is 2.38. The van der Waals surface area contributed by atoms with E-state index in [4.69, 9.17) is 4.74 Å². The van der Waals surface area contributed by atoms with Crippen LogP contribution in [0.25, 0.3) is 28.3 Å². The van der Waals surface area contributed by atoms with Gasteiger partial charge in [0.05, 0.1) is 36.7 Å². The first kappa shape index (κ1) is 14.0. The predicted molar refractivity (Wildman–Crippen MR) is 92.7 cm³/mol. The van der Waals surface area contributed by atoms with Crippen LogP contribution in [0.5, 0.6) is 5.75 Å². The second-order valence-electron chi connectivity index (χ2n) is 6.16. The summed E-state index contributed by atoms with van der Waals surface area (Å²) in [5, 5.41) is 7.38. The van der Waals surface area contributed by atoms with Gasteiger partial charge in [0.25, 0.3) is 0 Å². The van der Waals surface area contributed by atoms with Crippen molar-refractivity contribution in [1.29, 1.82) is 0 Å². The molecule has 0 amide bonds. The van der Waals surface area contributed by atoms with Gasteiger partial charge in [0.2, 0.25) is 0 Å². The lowest BCUT2D eigenvalue weighted by Crippen LogP contribution is -2.00. The number of aryl methyl sites for hydroxylation is 1. The summed E-state index contributed by atoms with van der Waals surface area (Å²) in [5.74, 6) is 0.813. The van der Waals surface area contributed by atoms with Gasteiger partial charge in [0.1, 0.15) is 23.5 Å². The Balaban J connectivity index is 1.79. The fourth-order valence-corrected chi connectivity index (χ4v) is 3.41. The van der Waals surface area contributed by atoms with Crippen LogP contribution in [0.1, 0.15) is 11.3 Å². The van der Waals surface area contributed by atoms with Gasteiger partial charge in [0.15, 0.2) is 0 Å². The minimum Gasteiger partial charge on any atom is -0.497 e. The van der Waals surface area contributed by atoms with Crippen LogP contribution >= 0.6 is 0 Å². The Morgan fingerprint density at radius 2 is 2.12 bits per heavy atom. The quantitative estimate of drug-likeness (QED) is 0.539. The van der Waals surface area contributed by atoms with Crippen molar-refractivity contribution in [3.05, 3.63) is 54.5 Å². The molecule has 0 saturated carbocycles. The molecule has 1 N–H and O–H groups in total. The highest BCUT2D eigenvalue weighted by molar-refractivity contribution is 5.77. The third kappa shape index (κ3) is 2.02. The summed E-state index contributed by atoms with van der Waals surface area (Å²) in [7, 11) is 3.63. The summed E-state index contributed by atoms with van der Waals surface area (Å²) in [6.07, 6.45) is 8.25. The number of imidazole rings is 2. The first-order valence-electron chi connectivity index (χ1n) is 8.00. The van der Waals surface area contributed by atoms with Crippen LogP contribution < -0.4 is 4.74 Å². The van der Waals surface area contributed by atoms with E-state index in [2.05, 4.69) is 30.8 Å². The number of rotatable bonds is 2. The van der Waals surface area contributed by atoms with Gasteiger partial charge in [-0.2, -0.15) is 5.10 Å². The van der Waals surface area contributed by atoms with Gasteiger partial charge in [-0.05, 0) is 18.2 Å². The van der Waals surface area contributed by atoms with Crippen molar-refractivity contribution in [2.75, 3.05) is 7.11 Å². The van der Waals surface area contributed by atoms with Crippen molar-refractivity contribution in [2.24, 2.45) is 7.05 Å². The first-order valence-corrected chi connectivity index (χ1v) is 8.00. The molecule has 0 spiro atoms. The summed E-state index contributed by atoms with van der Waals surface area (Å²) in [4.78, 5) is 9.11. The molecule has 4 aromatic rings. The number of methoxy groups -OCH3 is 1. The molecule has 5 rings (SSSR count). The molecule has 1 aliphatic heterocycles. The Labute approximate surface area is 143 Å². The standard InChI is InChI=1S/C18H16N6O/c1-23-8-14(19-9-23)18-16-5-11-7-21-22-17(11)13-6-12(25-2)3-4-15(13)24(16)10-20-18/h3-4,6-10H,5H2,1-2H3,(H,21,22). The molecule has 7 nitrogen and oxygen atoms in total. The van der Waals surface area contributed by atoms with Crippen LogP contribution in [-0.4, -0.2) is 36.4 Å². The average Bonchev–Trinajstić information content (AvgIpc) is 3.34. The van der Waals surface area contributed by atoms with Crippen molar-refractivity contribution in [3.63, 3.8) is 0 Å².